The minimum Gasteiger partial charge on any atom is -1.00 e. The summed E-state index contributed by atoms with van der Waals surface area (Å²) in [5, 5.41) is 24.4. The number of aryl methyl sites for hydroxylation is 1. The van der Waals surface area contributed by atoms with E-state index < -0.39 is 24.2 Å². The van der Waals surface area contributed by atoms with Gasteiger partial charge in [-0.3, -0.25) is 9.78 Å². The third-order valence-electron chi connectivity index (χ3n) is 4.65. The van der Waals surface area contributed by atoms with E-state index in [2.05, 4.69) is 10.1 Å². The summed E-state index contributed by atoms with van der Waals surface area (Å²) in [7, 11) is 0. The Morgan fingerprint density at radius 1 is 1.28 bits per heavy atom. The number of nitrogens with one attached hydrogen (secondary N) is 1. The summed E-state index contributed by atoms with van der Waals surface area (Å²) in [6, 6.07) is 2.84. The fourth-order valence-electron chi connectivity index (χ4n) is 3.03. The van der Waals surface area contributed by atoms with Gasteiger partial charge < -0.3 is 26.0 Å². The minimum absolute atomic E-state index is 0. The summed E-state index contributed by atoms with van der Waals surface area (Å²) in [6.45, 7) is 3.85. The molecule has 166 valence electrons. The Hall–Kier alpha value is -2.12. The summed E-state index contributed by atoms with van der Waals surface area (Å²) in [5.74, 6) is -7.15. The second-order valence-corrected chi connectivity index (χ2v) is 6.74. The van der Waals surface area contributed by atoms with E-state index in [0.717, 1.165) is 0 Å². The number of rotatable bonds is 8. The Bertz CT molecular complexity index is 1120. The van der Waals surface area contributed by atoms with E-state index in [4.69, 9.17) is 4.52 Å². The maximum atomic E-state index is 14.7. The summed E-state index contributed by atoms with van der Waals surface area (Å²) < 4.78 is 35.9. The number of alkyl halides is 2. The Labute approximate surface area is 225 Å². The predicted molar refractivity (Wildman–Crippen MR) is 106 cm³/mol. The van der Waals surface area contributed by atoms with E-state index >= 15 is 0 Å². The third-order valence-corrected chi connectivity index (χ3v) is 4.65. The van der Waals surface area contributed by atoms with Gasteiger partial charge in [0.05, 0.1) is 24.0 Å². The van der Waals surface area contributed by atoms with Crippen LogP contribution in [0.5, 0.6) is 5.75 Å². The van der Waals surface area contributed by atoms with Gasteiger partial charge in [-0.1, -0.05) is 12.1 Å². The second kappa shape index (κ2) is 10.7. The average molecular weight is 475 g/mol. The zero-order chi connectivity index (χ0) is 22.8. The first kappa shape index (κ1) is 26.1. The predicted octanol–water partition coefficient (Wildman–Crippen LogP) is 0.457. The number of anilines is 1. The molecule has 0 saturated heterocycles. The number of carbonyl (C=O) groups excluding carboxylic acids is 1. The van der Waals surface area contributed by atoms with E-state index in [9.17, 15) is 28.6 Å². The van der Waals surface area contributed by atoms with Crippen LogP contribution < -0.4 is 56.7 Å². The molecule has 0 bridgehead atoms. The van der Waals surface area contributed by atoms with Gasteiger partial charge in [-0.05, 0) is 25.5 Å². The molecule has 3 N–H and O–H groups in total. The van der Waals surface area contributed by atoms with Crippen LogP contribution in [0, 0.1) is 0 Å². The molecule has 0 fully saturated rings. The molecule has 3 aromatic rings. The van der Waals surface area contributed by atoms with Crippen LogP contribution in [-0.2, 0) is 24.2 Å². The molecule has 0 radical (unpaired) electrons. The molecule has 0 aromatic carbocycles. The first-order valence-corrected chi connectivity index (χ1v) is 9.41. The summed E-state index contributed by atoms with van der Waals surface area (Å²) >= 11 is 0. The number of aromatic carboxylic acids is 1. The Kier molecular flexibility index (Phi) is 8.71. The Balaban J connectivity index is 0.00000272. The number of nitrogens with zero attached hydrogens (tertiary/aromatic N) is 3. The number of aromatic hydroxyl groups is 1. The normalized spacial score (nSPS) is 11.1. The topological polar surface area (TPSA) is 130 Å². The molecule has 3 rings (SSSR count). The van der Waals surface area contributed by atoms with Crippen molar-refractivity contribution in [3.05, 3.63) is 47.6 Å². The van der Waals surface area contributed by atoms with E-state index in [0.29, 0.717) is 17.8 Å². The second-order valence-electron chi connectivity index (χ2n) is 6.74. The van der Waals surface area contributed by atoms with Crippen LogP contribution >= 0.6 is 0 Å². The van der Waals surface area contributed by atoms with Gasteiger partial charge in [0.1, 0.15) is 22.8 Å². The van der Waals surface area contributed by atoms with Gasteiger partial charge in [-0.25, -0.2) is 4.79 Å². The summed E-state index contributed by atoms with van der Waals surface area (Å²) in [4.78, 5) is 27.6. The fourth-order valence-corrected chi connectivity index (χ4v) is 3.03. The van der Waals surface area contributed by atoms with E-state index in [1.807, 2.05) is 5.32 Å². The molecule has 0 aliphatic carbocycles. The van der Waals surface area contributed by atoms with Crippen molar-refractivity contribution in [1.82, 2.24) is 14.7 Å². The van der Waals surface area contributed by atoms with Crippen LogP contribution in [0.2, 0.25) is 0 Å². The van der Waals surface area contributed by atoms with Crippen LogP contribution in [0.3, 0.4) is 0 Å². The van der Waals surface area contributed by atoms with Gasteiger partial charge >= 0.3 is 63.3 Å². The largest absolute Gasteiger partial charge is 1.00 e. The van der Waals surface area contributed by atoms with Crippen LogP contribution in [0.4, 0.5) is 14.5 Å². The monoisotopic (exact) mass is 474 g/mol. The van der Waals surface area contributed by atoms with Crippen molar-refractivity contribution in [3.8, 4) is 17.1 Å². The Morgan fingerprint density at radius 2 is 2.00 bits per heavy atom. The molecule has 12 heteroatoms. The maximum Gasteiger partial charge on any atom is 1.00 e. The number of aromatic nitrogens is 3. The first-order valence-electron chi connectivity index (χ1n) is 9.41. The van der Waals surface area contributed by atoms with Gasteiger partial charge in [0.2, 0.25) is 0 Å². The van der Waals surface area contributed by atoms with E-state index in [1.54, 1.807) is 13.8 Å². The number of carboxylic acid groups (broad SMARTS) is 1. The SMILES string of the molecule is CCc1c(-c2ccc(O)cn2)noc1CC(F)(F)C(=O)Nc1cn(CC)cc1C(=O)O.[H-].[K+]. The van der Waals surface area contributed by atoms with Crippen molar-refractivity contribution < 1.29 is 85.9 Å². The number of pyridine rings is 1. The molecule has 3 heterocycles. The number of amides is 1. The smallest absolute Gasteiger partial charge is 1.00 e. The molecule has 32 heavy (non-hydrogen) atoms. The molecule has 0 spiro atoms. The first-order chi connectivity index (χ1) is 14.7. The van der Waals surface area contributed by atoms with Gasteiger partial charge in [0, 0.05) is 24.5 Å². The van der Waals surface area contributed by atoms with Gasteiger partial charge in [0.25, 0.3) is 5.91 Å². The number of carboxylic acids is 1. The van der Waals surface area contributed by atoms with Crippen molar-refractivity contribution in [3.63, 3.8) is 0 Å². The van der Waals surface area contributed by atoms with Crippen LogP contribution in [-0.4, -0.2) is 42.7 Å². The molecule has 3 aromatic heterocycles. The van der Waals surface area contributed by atoms with Crippen molar-refractivity contribution in [2.24, 2.45) is 0 Å². The van der Waals surface area contributed by atoms with Gasteiger partial charge in [0.15, 0.2) is 0 Å². The number of hydrogen-bond acceptors (Lipinski definition) is 6. The summed E-state index contributed by atoms with van der Waals surface area (Å²) in [5.41, 5.74) is 0.405. The fraction of sp³-hybridized carbons (Fsp3) is 0.300. The van der Waals surface area contributed by atoms with Gasteiger partial charge in [-0.2, -0.15) is 8.78 Å². The minimum atomic E-state index is -3.90. The number of carbonyl (C=O) groups is 2. The quantitative estimate of drug-likeness (QED) is 0.404. The van der Waals surface area contributed by atoms with Crippen molar-refractivity contribution in [2.75, 3.05) is 5.32 Å². The van der Waals surface area contributed by atoms with E-state index in [1.165, 1.54) is 35.3 Å². The van der Waals surface area contributed by atoms with Crippen LogP contribution in [0.1, 0.15) is 37.0 Å². The van der Waals surface area contributed by atoms with Gasteiger partial charge in [-0.15, -0.1) is 0 Å². The van der Waals surface area contributed by atoms with E-state index in [-0.39, 0.29) is 87.7 Å². The van der Waals surface area contributed by atoms with Crippen LogP contribution in [0.25, 0.3) is 11.4 Å². The number of hydrogen-bond donors (Lipinski definition) is 3. The molecular formula is C20H21F2KN4O5. The molecule has 9 nitrogen and oxygen atoms in total. The standard InChI is InChI=1S/C20H20F2N4O5.K.H/c1-3-12-16(31-25-17(12)14-6-5-11(27)8-23-14)7-20(21,22)19(30)24-15-10-26(4-2)9-13(15)18(28)29;;/h5-6,8-10,27H,3-4,7H2,1-2H3,(H,24,30)(H,28,29);;/q;+1;-1. The number of halogens is 2. The molecule has 0 saturated carbocycles. The summed E-state index contributed by atoms with van der Waals surface area (Å²) in [6.07, 6.45) is 2.94. The maximum absolute atomic E-state index is 14.7. The zero-order valence-electron chi connectivity index (χ0n) is 18.7. The Morgan fingerprint density at radius 3 is 2.56 bits per heavy atom. The molecule has 0 unspecified atom stereocenters. The van der Waals surface area contributed by atoms with Crippen molar-refractivity contribution in [2.45, 2.75) is 39.2 Å². The molecular weight excluding hydrogens is 453 g/mol. The molecule has 1 amide bonds. The third kappa shape index (κ3) is 5.62. The van der Waals surface area contributed by atoms with Crippen LogP contribution in [0.15, 0.2) is 35.2 Å². The molecule has 0 aliphatic rings. The molecule has 0 aliphatic heterocycles. The zero-order valence-corrected chi connectivity index (χ0v) is 20.8. The molecule has 0 atom stereocenters. The van der Waals surface area contributed by atoms with Crippen molar-refractivity contribution in [1.29, 1.82) is 0 Å². The average Bonchev–Trinajstić information content (AvgIpc) is 3.32. The van der Waals surface area contributed by atoms with Crippen molar-refractivity contribution >= 4 is 17.6 Å².